The summed E-state index contributed by atoms with van der Waals surface area (Å²) in [4.78, 5) is 18.5. The Labute approximate surface area is 118 Å². The van der Waals surface area contributed by atoms with Gasteiger partial charge in [0, 0.05) is 24.6 Å². The largest absolute Gasteiger partial charge is 0.339 e. The highest BCUT2D eigenvalue weighted by atomic mass is 16.2. The summed E-state index contributed by atoms with van der Waals surface area (Å²) < 4.78 is 0. The second-order valence-corrected chi connectivity index (χ2v) is 5.30. The predicted molar refractivity (Wildman–Crippen MR) is 75.4 cm³/mol. The summed E-state index contributed by atoms with van der Waals surface area (Å²) in [5, 5.41) is 6.81. The van der Waals surface area contributed by atoms with Crippen molar-refractivity contribution in [3.63, 3.8) is 0 Å². The number of rotatable bonds is 2. The Kier molecular flexibility index (Phi) is 3.50. The number of nitrogens with zero attached hydrogens (tertiary/aromatic N) is 3. The fourth-order valence-electron chi connectivity index (χ4n) is 2.65. The van der Waals surface area contributed by atoms with Gasteiger partial charge in [0.1, 0.15) is 12.2 Å². The molecule has 3 rings (SSSR count). The molecule has 1 amide bonds. The molecule has 104 valence electrons. The van der Waals surface area contributed by atoms with Gasteiger partial charge < -0.3 is 4.90 Å². The summed E-state index contributed by atoms with van der Waals surface area (Å²) in [6.45, 7) is 3.58. The first-order valence-corrected chi connectivity index (χ1v) is 6.95. The highest BCUT2D eigenvalue weighted by Gasteiger charge is 2.25. The lowest BCUT2D eigenvalue weighted by molar-refractivity contribution is 0.0711. The Bertz CT molecular complexity index is 568. The Morgan fingerprint density at radius 2 is 1.95 bits per heavy atom. The zero-order valence-electron chi connectivity index (χ0n) is 11.5. The number of benzene rings is 1. The molecule has 5 heteroatoms. The number of piperidine rings is 1. The van der Waals surface area contributed by atoms with Gasteiger partial charge in [-0.25, -0.2) is 4.98 Å². The van der Waals surface area contributed by atoms with Crippen LogP contribution in [-0.2, 0) is 0 Å². The maximum Gasteiger partial charge on any atom is 0.253 e. The standard InChI is InChI=1S/C15H18N4O/c1-11-2-4-13(5-3-11)15(20)19-8-6-12(7-9-19)14-16-10-17-18-14/h2-5,10,12H,6-9H2,1H3,(H,16,17,18). The van der Waals surface area contributed by atoms with E-state index in [2.05, 4.69) is 15.2 Å². The van der Waals surface area contributed by atoms with Gasteiger partial charge >= 0.3 is 0 Å². The van der Waals surface area contributed by atoms with Crippen LogP contribution >= 0.6 is 0 Å². The van der Waals surface area contributed by atoms with Gasteiger partial charge in [0.25, 0.3) is 5.91 Å². The average molecular weight is 270 g/mol. The number of hydrogen-bond acceptors (Lipinski definition) is 3. The number of aromatic nitrogens is 3. The molecule has 0 aliphatic carbocycles. The van der Waals surface area contributed by atoms with Crippen molar-refractivity contribution in [3.8, 4) is 0 Å². The van der Waals surface area contributed by atoms with E-state index in [1.165, 1.54) is 5.56 Å². The van der Waals surface area contributed by atoms with Crippen molar-refractivity contribution in [2.24, 2.45) is 0 Å². The van der Waals surface area contributed by atoms with E-state index in [0.29, 0.717) is 5.92 Å². The maximum atomic E-state index is 12.4. The number of aryl methyl sites for hydroxylation is 1. The van der Waals surface area contributed by atoms with Gasteiger partial charge in [-0.15, -0.1) is 0 Å². The van der Waals surface area contributed by atoms with Gasteiger partial charge in [0.05, 0.1) is 0 Å². The van der Waals surface area contributed by atoms with Crippen molar-refractivity contribution in [2.45, 2.75) is 25.7 Å². The molecule has 0 atom stereocenters. The third-order valence-electron chi connectivity index (χ3n) is 3.90. The first-order chi connectivity index (χ1) is 9.74. The van der Waals surface area contributed by atoms with E-state index in [4.69, 9.17) is 0 Å². The smallest absolute Gasteiger partial charge is 0.253 e. The lowest BCUT2D eigenvalue weighted by atomic mass is 9.95. The van der Waals surface area contributed by atoms with Crippen LogP contribution in [-0.4, -0.2) is 39.1 Å². The Morgan fingerprint density at radius 1 is 1.25 bits per heavy atom. The summed E-state index contributed by atoms with van der Waals surface area (Å²) in [5.41, 5.74) is 1.94. The van der Waals surface area contributed by atoms with Gasteiger partial charge in [0.15, 0.2) is 0 Å². The fraction of sp³-hybridized carbons (Fsp3) is 0.400. The number of hydrogen-bond donors (Lipinski definition) is 1. The molecule has 0 unspecified atom stereocenters. The highest BCUT2D eigenvalue weighted by Crippen LogP contribution is 2.25. The normalized spacial score (nSPS) is 16.4. The average Bonchev–Trinajstić information content (AvgIpc) is 3.02. The number of carbonyl (C=O) groups excluding carboxylic acids is 1. The van der Waals surface area contributed by atoms with Gasteiger partial charge in [-0.1, -0.05) is 17.7 Å². The lowest BCUT2D eigenvalue weighted by Gasteiger charge is -2.31. The summed E-state index contributed by atoms with van der Waals surface area (Å²) in [5.74, 6) is 1.45. The van der Waals surface area contributed by atoms with Crippen LogP contribution in [0.2, 0.25) is 0 Å². The second-order valence-electron chi connectivity index (χ2n) is 5.30. The van der Waals surface area contributed by atoms with Gasteiger partial charge in [0.2, 0.25) is 0 Å². The van der Waals surface area contributed by atoms with Crippen molar-refractivity contribution in [2.75, 3.05) is 13.1 Å². The number of amides is 1. The molecular formula is C15H18N4O. The van der Waals surface area contributed by atoms with Crippen molar-refractivity contribution in [1.29, 1.82) is 0 Å². The van der Waals surface area contributed by atoms with E-state index in [9.17, 15) is 4.79 Å². The second kappa shape index (κ2) is 5.45. The molecule has 2 heterocycles. The molecule has 5 nitrogen and oxygen atoms in total. The minimum atomic E-state index is 0.126. The topological polar surface area (TPSA) is 61.9 Å². The molecule has 0 spiro atoms. The molecule has 1 saturated heterocycles. The van der Waals surface area contributed by atoms with E-state index >= 15 is 0 Å². The van der Waals surface area contributed by atoms with Crippen molar-refractivity contribution in [1.82, 2.24) is 20.1 Å². The van der Waals surface area contributed by atoms with Crippen molar-refractivity contribution < 1.29 is 4.79 Å². The van der Waals surface area contributed by atoms with Crippen LogP contribution in [0.15, 0.2) is 30.6 Å². The van der Waals surface area contributed by atoms with Crippen LogP contribution in [0.5, 0.6) is 0 Å². The number of nitrogens with one attached hydrogen (secondary N) is 1. The van der Waals surface area contributed by atoms with Crippen LogP contribution in [0.4, 0.5) is 0 Å². The van der Waals surface area contributed by atoms with Gasteiger partial charge in [-0.05, 0) is 31.9 Å². The third kappa shape index (κ3) is 2.57. The number of carbonyl (C=O) groups is 1. The van der Waals surface area contributed by atoms with Crippen LogP contribution in [0.25, 0.3) is 0 Å². The molecule has 20 heavy (non-hydrogen) atoms. The molecule has 0 radical (unpaired) electrons. The van der Waals surface area contributed by atoms with E-state index in [1.54, 1.807) is 6.33 Å². The Balaban J connectivity index is 1.63. The number of likely N-dealkylation sites (tertiary alicyclic amines) is 1. The summed E-state index contributed by atoms with van der Waals surface area (Å²) in [6, 6.07) is 7.77. The van der Waals surface area contributed by atoms with E-state index < -0.39 is 0 Å². The predicted octanol–water partition coefficient (Wildman–Crippen LogP) is 2.13. The Morgan fingerprint density at radius 3 is 2.55 bits per heavy atom. The lowest BCUT2D eigenvalue weighted by Crippen LogP contribution is -2.38. The molecule has 1 aliphatic rings. The zero-order chi connectivity index (χ0) is 13.9. The molecule has 1 N–H and O–H groups in total. The van der Waals surface area contributed by atoms with E-state index in [1.807, 2.05) is 36.1 Å². The highest BCUT2D eigenvalue weighted by molar-refractivity contribution is 5.94. The van der Waals surface area contributed by atoms with E-state index in [0.717, 1.165) is 37.3 Å². The van der Waals surface area contributed by atoms with Crippen LogP contribution < -0.4 is 0 Å². The monoisotopic (exact) mass is 270 g/mol. The maximum absolute atomic E-state index is 12.4. The van der Waals surface area contributed by atoms with E-state index in [-0.39, 0.29) is 5.91 Å². The molecular weight excluding hydrogens is 252 g/mol. The molecule has 1 aromatic carbocycles. The SMILES string of the molecule is Cc1ccc(C(=O)N2CCC(c3ncn[nH]3)CC2)cc1. The first kappa shape index (κ1) is 12.8. The molecule has 1 aliphatic heterocycles. The number of H-pyrrole nitrogens is 1. The van der Waals surface area contributed by atoms with Gasteiger partial charge in [-0.2, -0.15) is 5.10 Å². The molecule has 2 aromatic rings. The van der Waals surface area contributed by atoms with Crippen LogP contribution in [0, 0.1) is 6.92 Å². The minimum Gasteiger partial charge on any atom is -0.339 e. The van der Waals surface area contributed by atoms with Crippen LogP contribution in [0.1, 0.15) is 40.5 Å². The number of aromatic amines is 1. The molecule has 0 bridgehead atoms. The zero-order valence-corrected chi connectivity index (χ0v) is 11.5. The molecule has 0 saturated carbocycles. The summed E-state index contributed by atoms with van der Waals surface area (Å²) in [6.07, 6.45) is 3.42. The summed E-state index contributed by atoms with van der Waals surface area (Å²) in [7, 11) is 0. The van der Waals surface area contributed by atoms with Crippen molar-refractivity contribution in [3.05, 3.63) is 47.5 Å². The first-order valence-electron chi connectivity index (χ1n) is 6.95. The molecule has 1 aromatic heterocycles. The Hall–Kier alpha value is -2.17. The van der Waals surface area contributed by atoms with Crippen LogP contribution in [0.3, 0.4) is 0 Å². The third-order valence-corrected chi connectivity index (χ3v) is 3.90. The minimum absolute atomic E-state index is 0.126. The fourth-order valence-corrected chi connectivity index (χ4v) is 2.65. The van der Waals surface area contributed by atoms with Gasteiger partial charge in [-0.3, -0.25) is 9.89 Å². The quantitative estimate of drug-likeness (QED) is 0.909. The summed E-state index contributed by atoms with van der Waals surface area (Å²) >= 11 is 0. The molecule has 1 fully saturated rings. The van der Waals surface area contributed by atoms with Crippen molar-refractivity contribution >= 4 is 5.91 Å².